The molecular formula is C25H30ClNO4. The molecule has 0 radical (unpaired) electrons. The lowest BCUT2D eigenvalue weighted by molar-refractivity contribution is -0.179. The minimum Gasteiger partial charge on any atom is -0.508 e. The molecule has 0 aromatic heterocycles. The Bertz CT molecular complexity index is 921. The molecule has 1 N–H and O–H groups in total. The summed E-state index contributed by atoms with van der Waals surface area (Å²) in [6.07, 6.45) is 1.35. The number of halogens is 1. The van der Waals surface area contributed by atoms with E-state index in [1.807, 2.05) is 52.0 Å². The van der Waals surface area contributed by atoms with Crippen LogP contribution < -0.4 is 4.90 Å². The predicted molar refractivity (Wildman–Crippen MR) is 123 cm³/mol. The second kappa shape index (κ2) is 9.31. The van der Waals surface area contributed by atoms with Gasteiger partial charge in [-0.15, -0.1) is 0 Å². The Morgan fingerprint density at radius 1 is 1.13 bits per heavy atom. The van der Waals surface area contributed by atoms with Crippen LogP contribution >= 0.6 is 11.6 Å². The molecule has 0 bridgehead atoms. The van der Waals surface area contributed by atoms with Gasteiger partial charge in [-0.05, 0) is 68.5 Å². The first-order valence-corrected chi connectivity index (χ1v) is 11.1. The van der Waals surface area contributed by atoms with Crippen molar-refractivity contribution in [2.75, 3.05) is 4.90 Å². The highest BCUT2D eigenvalue weighted by molar-refractivity contribution is 6.30. The summed E-state index contributed by atoms with van der Waals surface area (Å²) in [5.74, 6) is -0.454. The molecule has 1 aliphatic heterocycles. The molecule has 2 unspecified atom stereocenters. The molecule has 2 atom stereocenters. The molecule has 1 saturated heterocycles. The number of aromatic hydroxyl groups is 1. The zero-order valence-corrected chi connectivity index (χ0v) is 19.2. The zero-order valence-electron chi connectivity index (χ0n) is 18.5. The van der Waals surface area contributed by atoms with Crippen LogP contribution in [0.15, 0.2) is 48.5 Å². The van der Waals surface area contributed by atoms with Crippen molar-refractivity contribution in [3.8, 4) is 5.75 Å². The lowest BCUT2D eigenvalue weighted by atomic mass is 9.77. The molecule has 0 amide bonds. The topological polar surface area (TPSA) is 66.8 Å². The van der Waals surface area contributed by atoms with Crippen LogP contribution in [-0.2, 0) is 20.7 Å². The maximum absolute atomic E-state index is 13.4. The predicted octanol–water partition coefficient (Wildman–Crippen LogP) is 5.17. The minimum atomic E-state index is -0.987. The Kier molecular flexibility index (Phi) is 6.95. The number of hydrogen-bond acceptors (Lipinski definition) is 5. The summed E-state index contributed by atoms with van der Waals surface area (Å²) in [6.45, 7) is 7.84. The van der Waals surface area contributed by atoms with Gasteiger partial charge in [-0.25, -0.2) is 4.79 Å². The minimum absolute atomic E-state index is 0.0165. The van der Waals surface area contributed by atoms with E-state index in [0.29, 0.717) is 17.9 Å². The van der Waals surface area contributed by atoms with Gasteiger partial charge in [0.2, 0.25) is 0 Å². The van der Waals surface area contributed by atoms with Gasteiger partial charge in [-0.2, -0.15) is 0 Å². The van der Waals surface area contributed by atoms with Crippen LogP contribution in [0.2, 0.25) is 5.02 Å². The highest BCUT2D eigenvalue weighted by Gasteiger charge is 2.50. The number of hydrogen-bond donors (Lipinski definition) is 1. The summed E-state index contributed by atoms with van der Waals surface area (Å²) in [7, 11) is 0. The molecule has 31 heavy (non-hydrogen) atoms. The summed E-state index contributed by atoms with van der Waals surface area (Å²) >= 11 is 6.16. The number of Topliss-reactive ketones (excluding diaryl/α,β-unsaturated/α-hetero) is 1. The van der Waals surface area contributed by atoms with E-state index in [1.54, 1.807) is 29.2 Å². The van der Waals surface area contributed by atoms with Gasteiger partial charge in [0.05, 0.1) is 0 Å². The van der Waals surface area contributed by atoms with E-state index in [1.165, 1.54) is 0 Å². The Labute approximate surface area is 189 Å². The van der Waals surface area contributed by atoms with E-state index in [9.17, 15) is 14.7 Å². The number of phenolic OH excluding ortho intramolecular Hbond substituents is 1. The smallest absolute Gasteiger partial charge is 0.337 e. The number of benzene rings is 2. The number of ether oxygens (including phenoxy) is 1. The third-order valence-corrected chi connectivity index (χ3v) is 6.31. The Morgan fingerprint density at radius 2 is 1.81 bits per heavy atom. The molecular weight excluding hydrogens is 414 g/mol. The van der Waals surface area contributed by atoms with Crippen molar-refractivity contribution in [3.63, 3.8) is 0 Å². The number of carbonyl (C=O) groups is 2. The van der Waals surface area contributed by atoms with Gasteiger partial charge in [0.25, 0.3) is 0 Å². The second-order valence-electron chi connectivity index (χ2n) is 8.83. The number of aryl methyl sites for hydroxylation is 1. The molecule has 1 heterocycles. The SMILES string of the molecule is CC(C)N(c1cccc(Cl)c1)C1C(=O)CC(CCc2ccc(O)cc2)(C(C)C)OC1=O. The summed E-state index contributed by atoms with van der Waals surface area (Å²) in [6, 6.07) is 13.1. The summed E-state index contributed by atoms with van der Waals surface area (Å²) in [4.78, 5) is 28.4. The average Bonchev–Trinajstić information content (AvgIpc) is 2.69. The van der Waals surface area contributed by atoms with Crippen LogP contribution in [0, 0.1) is 5.92 Å². The molecule has 0 spiro atoms. The van der Waals surface area contributed by atoms with Crippen LogP contribution in [0.5, 0.6) is 5.75 Å². The molecule has 166 valence electrons. The van der Waals surface area contributed by atoms with Crippen molar-refractivity contribution in [1.29, 1.82) is 0 Å². The van der Waals surface area contributed by atoms with Crippen molar-refractivity contribution in [2.45, 2.75) is 64.6 Å². The zero-order chi connectivity index (χ0) is 22.8. The fraction of sp³-hybridized carbons (Fsp3) is 0.440. The molecule has 0 aliphatic carbocycles. The normalized spacial score (nSPS) is 21.5. The van der Waals surface area contributed by atoms with E-state index in [4.69, 9.17) is 16.3 Å². The second-order valence-corrected chi connectivity index (χ2v) is 9.27. The maximum Gasteiger partial charge on any atom is 0.337 e. The Hall–Kier alpha value is -2.53. The van der Waals surface area contributed by atoms with E-state index in [-0.39, 0.29) is 29.9 Å². The van der Waals surface area contributed by atoms with Gasteiger partial charge in [0.15, 0.2) is 11.8 Å². The highest BCUT2D eigenvalue weighted by atomic mass is 35.5. The van der Waals surface area contributed by atoms with E-state index in [2.05, 4.69) is 0 Å². The molecule has 1 fully saturated rings. The average molecular weight is 444 g/mol. The lowest BCUT2D eigenvalue weighted by Gasteiger charge is -2.45. The van der Waals surface area contributed by atoms with Gasteiger partial charge in [0, 0.05) is 23.2 Å². The van der Waals surface area contributed by atoms with Crippen LogP contribution in [0.25, 0.3) is 0 Å². The number of esters is 1. The van der Waals surface area contributed by atoms with Gasteiger partial charge in [-0.3, -0.25) is 4.79 Å². The first-order chi connectivity index (χ1) is 14.6. The quantitative estimate of drug-likeness (QED) is 0.472. The largest absolute Gasteiger partial charge is 0.508 e. The van der Waals surface area contributed by atoms with Crippen molar-refractivity contribution in [2.24, 2.45) is 5.92 Å². The fourth-order valence-corrected chi connectivity index (χ4v) is 4.42. The summed E-state index contributed by atoms with van der Waals surface area (Å²) in [5, 5.41) is 10.0. The lowest BCUT2D eigenvalue weighted by Crippen LogP contribution is -2.60. The molecule has 1 aliphatic rings. The highest BCUT2D eigenvalue weighted by Crippen LogP contribution is 2.38. The molecule has 0 saturated carbocycles. The van der Waals surface area contributed by atoms with Crippen molar-refractivity contribution in [3.05, 3.63) is 59.1 Å². The van der Waals surface area contributed by atoms with E-state index >= 15 is 0 Å². The first-order valence-electron chi connectivity index (χ1n) is 10.7. The molecule has 2 aromatic carbocycles. The monoisotopic (exact) mass is 443 g/mol. The number of ketones is 1. The number of anilines is 1. The Balaban J connectivity index is 1.85. The van der Waals surface area contributed by atoms with Crippen molar-refractivity contribution in [1.82, 2.24) is 0 Å². The van der Waals surface area contributed by atoms with Gasteiger partial charge >= 0.3 is 5.97 Å². The number of cyclic esters (lactones) is 1. The molecule has 2 aromatic rings. The van der Waals surface area contributed by atoms with Gasteiger partial charge in [-0.1, -0.05) is 43.6 Å². The maximum atomic E-state index is 13.4. The van der Waals surface area contributed by atoms with Gasteiger partial charge < -0.3 is 14.7 Å². The first kappa shape index (κ1) is 23.1. The van der Waals surface area contributed by atoms with E-state index < -0.39 is 17.6 Å². The summed E-state index contributed by atoms with van der Waals surface area (Å²) < 4.78 is 6.06. The van der Waals surface area contributed by atoms with Crippen molar-refractivity contribution < 1.29 is 19.4 Å². The van der Waals surface area contributed by atoms with Gasteiger partial charge in [0.1, 0.15) is 11.4 Å². The van der Waals surface area contributed by atoms with Crippen LogP contribution in [0.3, 0.4) is 0 Å². The number of phenols is 1. The standard InChI is InChI=1S/C25H30ClNO4/c1-16(2)25(13-12-18-8-10-21(28)11-9-18)15-22(29)23(24(30)31-25)27(17(3)4)20-7-5-6-19(26)14-20/h5-11,14,16-17,23,28H,12-13,15H2,1-4H3. The molecule has 6 heteroatoms. The van der Waals surface area contributed by atoms with Crippen LogP contribution in [0.4, 0.5) is 5.69 Å². The molecule has 5 nitrogen and oxygen atoms in total. The third kappa shape index (κ3) is 5.04. The van der Waals surface area contributed by atoms with E-state index in [0.717, 1.165) is 11.3 Å². The Morgan fingerprint density at radius 3 is 2.35 bits per heavy atom. The third-order valence-electron chi connectivity index (χ3n) is 6.07. The fourth-order valence-electron chi connectivity index (χ4n) is 4.23. The number of nitrogens with zero attached hydrogens (tertiary/aromatic N) is 1. The summed E-state index contributed by atoms with van der Waals surface area (Å²) in [5.41, 5.74) is 0.893. The van der Waals surface area contributed by atoms with Crippen LogP contribution in [0.1, 0.15) is 46.1 Å². The number of carbonyl (C=O) groups excluding carboxylic acids is 2. The van der Waals surface area contributed by atoms with Crippen LogP contribution in [-0.4, -0.2) is 34.5 Å². The molecule has 3 rings (SSSR count). The van der Waals surface area contributed by atoms with Crippen molar-refractivity contribution >= 4 is 29.0 Å². The number of rotatable bonds is 7.